The lowest BCUT2D eigenvalue weighted by Crippen LogP contribution is -2.48. The van der Waals surface area contributed by atoms with Gasteiger partial charge in [-0.15, -0.1) is 0 Å². The number of hydrogen-bond donors (Lipinski definition) is 1. The average Bonchev–Trinajstić information content (AvgIpc) is 2.44. The summed E-state index contributed by atoms with van der Waals surface area (Å²) in [4.78, 5) is 14.2. The van der Waals surface area contributed by atoms with Crippen LogP contribution in [-0.2, 0) is 4.79 Å². The summed E-state index contributed by atoms with van der Waals surface area (Å²) in [5.74, 6) is 1.41. The Kier molecular flexibility index (Phi) is 2.74. The van der Waals surface area contributed by atoms with Gasteiger partial charge < -0.3 is 15.0 Å². The van der Waals surface area contributed by atoms with Crippen molar-refractivity contribution in [3.05, 3.63) is 23.8 Å². The molecule has 18 heavy (non-hydrogen) atoms. The molecule has 3 rings (SSSR count). The van der Waals surface area contributed by atoms with Gasteiger partial charge in [-0.25, -0.2) is 0 Å². The molecule has 1 fully saturated rings. The van der Waals surface area contributed by atoms with Crippen molar-refractivity contribution >= 4 is 11.6 Å². The number of hydrogen-bond acceptors (Lipinski definition) is 3. The van der Waals surface area contributed by atoms with E-state index in [1.165, 1.54) is 5.56 Å². The molecule has 0 aromatic heterocycles. The number of carbonyl (C=O) groups excluding carboxylic acids is 1. The van der Waals surface area contributed by atoms with Gasteiger partial charge in [-0.1, -0.05) is 12.1 Å². The Bertz CT molecular complexity index is 487. The quantitative estimate of drug-likeness (QED) is 0.813. The highest BCUT2D eigenvalue weighted by Gasteiger charge is 2.41. The van der Waals surface area contributed by atoms with E-state index in [0.29, 0.717) is 0 Å². The van der Waals surface area contributed by atoms with E-state index in [4.69, 9.17) is 4.74 Å². The summed E-state index contributed by atoms with van der Waals surface area (Å²) < 4.78 is 5.40. The summed E-state index contributed by atoms with van der Waals surface area (Å²) in [6, 6.07) is 6.04. The highest BCUT2D eigenvalue weighted by atomic mass is 16.5. The van der Waals surface area contributed by atoms with Crippen molar-refractivity contribution in [2.24, 2.45) is 5.92 Å². The van der Waals surface area contributed by atoms with E-state index >= 15 is 0 Å². The number of rotatable bonds is 1. The molecule has 2 aliphatic heterocycles. The van der Waals surface area contributed by atoms with Crippen molar-refractivity contribution in [2.75, 3.05) is 32.1 Å². The third-order valence-corrected chi connectivity index (χ3v) is 4.11. The molecule has 2 aliphatic rings. The number of fused-ring (bicyclic) bond motifs is 3. The van der Waals surface area contributed by atoms with E-state index in [9.17, 15) is 4.79 Å². The molecule has 0 spiro atoms. The molecule has 4 heteroatoms. The maximum atomic E-state index is 12.4. The molecule has 1 N–H and O–H groups in total. The Labute approximate surface area is 107 Å². The van der Waals surface area contributed by atoms with E-state index in [2.05, 4.69) is 11.4 Å². The SMILES string of the molecule is COc1cccc2c1N(C)C(=O)C1CCNCC21. The highest BCUT2D eigenvalue weighted by molar-refractivity contribution is 6.00. The van der Waals surface area contributed by atoms with E-state index in [1.807, 2.05) is 19.2 Å². The van der Waals surface area contributed by atoms with Crippen LogP contribution in [0.25, 0.3) is 0 Å². The van der Waals surface area contributed by atoms with Crippen LogP contribution in [0.5, 0.6) is 5.75 Å². The van der Waals surface area contributed by atoms with Gasteiger partial charge in [0.15, 0.2) is 0 Å². The smallest absolute Gasteiger partial charge is 0.230 e. The number of nitrogens with one attached hydrogen (secondary N) is 1. The largest absolute Gasteiger partial charge is 0.495 e. The third kappa shape index (κ3) is 1.52. The van der Waals surface area contributed by atoms with Crippen LogP contribution >= 0.6 is 0 Å². The van der Waals surface area contributed by atoms with Crippen molar-refractivity contribution in [1.29, 1.82) is 0 Å². The van der Waals surface area contributed by atoms with E-state index in [-0.39, 0.29) is 17.7 Å². The fourth-order valence-electron chi connectivity index (χ4n) is 3.20. The first-order valence-corrected chi connectivity index (χ1v) is 6.39. The molecule has 2 heterocycles. The van der Waals surface area contributed by atoms with Crippen LogP contribution in [0.4, 0.5) is 5.69 Å². The number of methoxy groups -OCH3 is 1. The third-order valence-electron chi connectivity index (χ3n) is 4.11. The summed E-state index contributed by atoms with van der Waals surface area (Å²) in [6.45, 7) is 1.81. The Hall–Kier alpha value is -1.55. The Balaban J connectivity index is 2.15. The number of amides is 1. The number of ether oxygens (including phenoxy) is 1. The van der Waals surface area contributed by atoms with Gasteiger partial charge in [0.05, 0.1) is 12.8 Å². The first-order chi connectivity index (χ1) is 8.74. The van der Waals surface area contributed by atoms with Crippen LogP contribution in [0, 0.1) is 5.92 Å². The zero-order chi connectivity index (χ0) is 12.7. The zero-order valence-electron chi connectivity index (χ0n) is 10.8. The van der Waals surface area contributed by atoms with Crippen molar-refractivity contribution in [1.82, 2.24) is 5.32 Å². The van der Waals surface area contributed by atoms with Crippen LogP contribution < -0.4 is 15.0 Å². The number of para-hydroxylation sites is 1. The van der Waals surface area contributed by atoms with Gasteiger partial charge in [0.1, 0.15) is 5.75 Å². The molecule has 96 valence electrons. The topological polar surface area (TPSA) is 41.6 Å². The van der Waals surface area contributed by atoms with Crippen LogP contribution in [0.2, 0.25) is 0 Å². The maximum absolute atomic E-state index is 12.4. The van der Waals surface area contributed by atoms with Crippen molar-refractivity contribution in [3.63, 3.8) is 0 Å². The molecule has 0 bridgehead atoms. The normalized spacial score (nSPS) is 26.6. The average molecular weight is 246 g/mol. The van der Waals surface area contributed by atoms with Crippen molar-refractivity contribution in [3.8, 4) is 5.75 Å². The molecule has 0 aliphatic carbocycles. The standard InChI is InChI=1S/C14H18N2O2/c1-16-13-9(4-3-5-12(13)18-2)11-8-15-7-6-10(11)14(16)17/h3-5,10-11,15H,6-8H2,1-2H3. The monoisotopic (exact) mass is 246 g/mol. The summed E-state index contributed by atoms with van der Waals surface area (Å²) >= 11 is 0. The predicted octanol–water partition coefficient (Wildman–Crippen LogP) is 1.36. The van der Waals surface area contributed by atoms with Crippen LogP contribution in [0.3, 0.4) is 0 Å². The van der Waals surface area contributed by atoms with Crippen LogP contribution in [0.1, 0.15) is 17.9 Å². The number of benzene rings is 1. The number of anilines is 1. The fourth-order valence-corrected chi connectivity index (χ4v) is 3.20. The van der Waals surface area contributed by atoms with Gasteiger partial charge >= 0.3 is 0 Å². The second-order valence-electron chi connectivity index (χ2n) is 5.00. The number of piperidine rings is 1. The first kappa shape index (κ1) is 11.5. The number of carbonyl (C=O) groups is 1. The van der Waals surface area contributed by atoms with Gasteiger partial charge in [0.2, 0.25) is 5.91 Å². The lowest BCUT2D eigenvalue weighted by atomic mass is 9.77. The van der Waals surface area contributed by atoms with Gasteiger partial charge in [-0.2, -0.15) is 0 Å². The van der Waals surface area contributed by atoms with Gasteiger partial charge in [0.25, 0.3) is 0 Å². The lowest BCUT2D eigenvalue weighted by Gasteiger charge is -2.41. The minimum absolute atomic E-state index is 0.121. The molecule has 0 radical (unpaired) electrons. The van der Waals surface area contributed by atoms with Crippen LogP contribution in [-0.4, -0.2) is 33.2 Å². The first-order valence-electron chi connectivity index (χ1n) is 6.39. The minimum atomic E-state index is 0.121. The summed E-state index contributed by atoms with van der Waals surface area (Å²) in [5.41, 5.74) is 2.17. The molecular formula is C14H18N2O2. The molecule has 1 aromatic carbocycles. The molecule has 1 amide bonds. The maximum Gasteiger partial charge on any atom is 0.230 e. The molecule has 0 saturated carbocycles. The van der Waals surface area contributed by atoms with E-state index in [0.717, 1.165) is 30.9 Å². The van der Waals surface area contributed by atoms with Gasteiger partial charge in [-0.05, 0) is 24.6 Å². The summed E-state index contributed by atoms with van der Waals surface area (Å²) in [5, 5.41) is 3.39. The van der Waals surface area contributed by atoms with Crippen molar-refractivity contribution in [2.45, 2.75) is 12.3 Å². The summed E-state index contributed by atoms with van der Waals surface area (Å²) in [6.07, 6.45) is 0.921. The molecule has 2 atom stereocenters. The Morgan fingerprint density at radius 3 is 3.00 bits per heavy atom. The van der Waals surface area contributed by atoms with Crippen LogP contribution in [0.15, 0.2) is 18.2 Å². The fraction of sp³-hybridized carbons (Fsp3) is 0.500. The lowest BCUT2D eigenvalue weighted by molar-refractivity contribution is -0.124. The molecule has 1 aromatic rings. The Morgan fingerprint density at radius 1 is 1.39 bits per heavy atom. The molecule has 4 nitrogen and oxygen atoms in total. The molecular weight excluding hydrogens is 228 g/mol. The molecule has 1 saturated heterocycles. The number of nitrogens with zero attached hydrogens (tertiary/aromatic N) is 1. The van der Waals surface area contributed by atoms with Gasteiger partial charge in [-0.3, -0.25) is 4.79 Å². The molecule has 2 unspecified atom stereocenters. The predicted molar refractivity (Wildman–Crippen MR) is 70.1 cm³/mol. The van der Waals surface area contributed by atoms with E-state index in [1.54, 1.807) is 12.0 Å². The van der Waals surface area contributed by atoms with E-state index < -0.39 is 0 Å². The summed E-state index contributed by atoms with van der Waals surface area (Å²) in [7, 11) is 3.50. The zero-order valence-corrected chi connectivity index (χ0v) is 10.8. The highest BCUT2D eigenvalue weighted by Crippen LogP contribution is 2.45. The van der Waals surface area contributed by atoms with Crippen molar-refractivity contribution < 1.29 is 9.53 Å². The second-order valence-corrected chi connectivity index (χ2v) is 5.00. The van der Waals surface area contributed by atoms with Gasteiger partial charge in [0, 0.05) is 25.4 Å². The minimum Gasteiger partial charge on any atom is -0.495 e. The Morgan fingerprint density at radius 2 is 2.22 bits per heavy atom. The second kappa shape index (κ2) is 4.28.